The molecule has 3 rings (SSSR count). The third kappa shape index (κ3) is 3.80. The predicted molar refractivity (Wildman–Crippen MR) is 86.6 cm³/mol. The van der Waals surface area contributed by atoms with Gasteiger partial charge >= 0.3 is 0 Å². The van der Waals surface area contributed by atoms with Crippen LogP contribution >= 0.6 is 0 Å². The highest BCUT2D eigenvalue weighted by atomic mass is 19.1. The average molecular weight is 332 g/mol. The van der Waals surface area contributed by atoms with Crippen molar-refractivity contribution < 1.29 is 13.9 Å². The van der Waals surface area contributed by atoms with E-state index in [0.717, 1.165) is 5.82 Å². The van der Waals surface area contributed by atoms with Gasteiger partial charge in [0, 0.05) is 32.5 Å². The number of hydrogen-bond acceptors (Lipinski definition) is 4. The Hall–Kier alpha value is -2.25. The summed E-state index contributed by atoms with van der Waals surface area (Å²) in [7, 11) is 1.88. The first-order valence-corrected chi connectivity index (χ1v) is 7.96. The maximum absolute atomic E-state index is 13.6. The molecular formula is C17H21FN4O2. The van der Waals surface area contributed by atoms with E-state index in [0.29, 0.717) is 38.4 Å². The Morgan fingerprint density at radius 2 is 2.21 bits per heavy atom. The fraction of sp³-hybridized carbons (Fsp3) is 0.412. The van der Waals surface area contributed by atoms with E-state index in [4.69, 9.17) is 4.74 Å². The van der Waals surface area contributed by atoms with Gasteiger partial charge in [-0.05, 0) is 17.7 Å². The smallest absolute Gasteiger partial charge is 0.242 e. The van der Waals surface area contributed by atoms with Gasteiger partial charge in [0.05, 0.1) is 19.8 Å². The van der Waals surface area contributed by atoms with Gasteiger partial charge in [-0.15, -0.1) is 0 Å². The van der Waals surface area contributed by atoms with E-state index >= 15 is 0 Å². The lowest BCUT2D eigenvalue weighted by atomic mass is 10.0. The fourth-order valence-corrected chi connectivity index (χ4v) is 2.87. The number of benzene rings is 1. The van der Waals surface area contributed by atoms with Crippen LogP contribution in [0.3, 0.4) is 0 Å². The number of carbonyl (C=O) groups is 1. The van der Waals surface area contributed by atoms with Gasteiger partial charge in [-0.1, -0.05) is 12.1 Å². The molecule has 6 nitrogen and oxygen atoms in total. The second-order valence-electron chi connectivity index (χ2n) is 5.78. The van der Waals surface area contributed by atoms with E-state index < -0.39 is 6.04 Å². The topological polar surface area (TPSA) is 59.4 Å². The molecule has 1 aromatic carbocycles. The van der Waals surface area contributed by atoms with Crippen LogP contribution in [-0.4, -0.2) is 46.7 Å². The van der Waals surface area contributed by atoms with Crippen LogP contribution in [0.4, 0.5) is 4.39 Å². The molecule has 128 valence electrons. The van der Waals surface area contributed by atoms with Crippen LogP contribution in [0.15, 0.2) is 36.7 Å². The van der Waals surface area contributed by atoms with Crippen LogP contribution in [0.1, 0.15) is 17.4 Å². The number of halogens is 1. The number of aryl methyl sites for hydroxylation is 1. The normalized spacial score (nSPS) is 16.8. The highest BCUT2D eigenvalue weighted by Crippen LogP contribution is 2.23. The fourth-order valence-electron chi connectivity index (χ4n) is 2.87. The Balaban J connectivity index is 1.78. The number of carbonyl (C=O) groups excluding carboxylic acids is 1. The molecule has 0 aliphatic carbocycles. The van der Waals surface area contributed by atoms with Crippen LogP contribution in [0.2, 0.25) is 0 Å². The number of nitrogens with one attached hydrogen (secondary N) is 1. The molecule has 0 spiro atoms. The van der Waals surface area contributed by atoms with E-state index in [1.807, 2.05) is 22.7 Å². The van der Waals surface area contributed by atoms with Gasteiger partial charge in [-0.3, -0.25) is 9.69 Å². The van der Waals surface area contributed by atoms with Gasteiger partial charge in [0.1, 0.15) is 17.7 Å². The highest BCUT2D eigenvalue weighted by Gasteiger charge is 2.29. The first-order chi connectivity index (χ1) is 11.6. The molecule has 1 amide bonds. The molecule has 1 aliphatic rings. The predicted octanol–water partition coefficient (Wildman–Crippen LogP) is 1.25. The van der Waals surface area contributed by atoms with Crippen molar-refractivity contribution in [2.75, 3.05) is 26.3 Å². The molecule has 0 bridgehead atoms. The van der Waals surface area contributed by atoms with Crippen molar-refractivity contribution in [1.29, 1.82) is 0 Å². The number of nitrogens with zero attached hydrogens (tertiary/aromatic N) is 3. The van der Waals surface area contributed by atoms with Crippen molar-refractivity contribution >= 4 is 5.91 Å². The van der Waals surface area contributed by atoms with E-state index in [9.17, 15) is 9.18 Å². The van der Waals surface area contributed by atoms with Crippen molar-refractivity contribution in [3.63, 3.8) is 0 Å². The first kappa shape index (κ1) is 16.6. The van der Waals surface area contributed by atoms with Crippen molar-refractivity contribution in [2.45, 2.75) is 12.6 Å². The summed E-state index contributed by atoms with van der Waals surface area (Å²) in [6.07, 6.45) is 3.51. The third-order valence-electron chi connectivity index (χ3n) is 4.17. The molecule has 0 saturated carbocycles. The lowest BCUT2D eigenvalue weighted by Gasteiger charge is -2.33. The van der Waals surface area contributed by atoms with Crippen molar-refractivity contribution in [2.24, 2.45) is 7.05 Å². The number of rotatable bonds is 5. The van der Waals surface area contributed by atoms with Gasteiger partial charge in [0.2, 0.25) is 5.91 Å². The Morgan fingerprint density at radius 1 is 1.42 bits per heavy atom. The molecule has 1 aliphatic heterocycles. The Bertz CT molecular complexity index is 697. The minimum Gasteiger partial charge on any atom is -0.379 e. The highest BCUT2D eigenvalue weighted by molar-refractivity contribution is 5.83. The number of hydrogen-bond donors (Lipinski definition) is 1. The van der Waals surface area contributed by atoms with Crippen molar-refractivity contribution in [3.8, 4) is 0 Å². The molecule has 0 radical (unpaired) electrons. The second kappa shape index (κ2) is 7.55. The first-order valence-electron chi connectivity index (χ1n) is 7.96. The SMILES string of the molecule is Cn1ccnc1CNC(=O)C(c1cccc(F)c1)N1CCOCC1. The molecule has 1 unspecified atom stereocenters. The maximum atomic E-state index is 13.6. The monoisotopic (exact) mass is 332 g/mol. The van der Waals surface area contributed by atoms with Crippen LogP contribution in [0.5, 0.6) is 0 Å². The summed E-state index contributed by atoms with van der Waals surface area (Å²) in [5.41, 5.74) is 0.647. The zero-order valence-electron chi connectivity index (χ0n) is 13.6. The lowest BCUT2D eigenvalue weighted by molar-refractivity contribution is -0.128. The standard InChI is InChI=1S/C17H21FN4O2/c1-21-6-5-19-15(21)12-20-17(23)16(22-7-9-24-10-8-22)13-3-2-4-14(18)11-13/h2-6,11,16H,7-10,12H2,1H3,(H,20,23). The third-order valence-corrected chi connectivity index (χ3v) is 4.17. The summed E-state index contributed by atoms with van der Waals surface area (Å²) in [5.74, 6) is 0.261. The van der Waals surface area contributed by atoms with E-state index in [1.165, 1.54) is 12.1 Å². The zero-order chi connectivity index (χ0) is 16.9. The summed E-state index contributed by atoms with van der Waals surface area (Å²) >= 11 is 0. The number of ether oxygens (including phenoxy) is 1. The van der Waals surface area contributed by atoms with Gasteiger partial charge in [-0.2, -0.15) is 0 Å². The Morgan fingerprint density at radius 3 is 2.88 bits per heavy atom. The molecule has 2 aromatic rings. The zero-order valence-corrected chi connectivity index (χ0v) is 13.6. The summed E-state index contributed by atoms with van der Waals surface area (Å²) in [6, 6.07) is 5.67. The Labute approximate surface area is 140 Å². The van der Waals surface area contributed by atoms with Gasteiger partial charge in [0.25, 0.3) is 0 Å². The molecule has 1 fully saturated rings. The van der Waals surface area contributed by atoms with Crippen LogP contribution in [0.25, 0.3) is 0 Å². The molecule has 1 atom stereocenters. The number of morpholine rings is 1. The summed E-state index contributed by atoms with van der Waals surface area (Å²) in [6.45, 7) is 2.74. The molecule has 1 N–H and O–H groups in total. The van der Waals surface area contributed by atoms with E-state index in [-0.39, 0.29) is 11.7 Å². The van der Waals surface area contributed by atoms with E-state index in [1.54, 1.807) is 18.3 Å². The van der Waals surface area contributed by atoms with Crippen LogP contribution in [-0.2, 0) is 23.1 Å². The minimum atomic E-state index is -0.537. The van der Waals surface area contributed by atoms with Crippen molar-refractivity contribution in [1.82, 2.24) is 19.8 Å². The maximum Gasteiger partial charge on any atom is 0.242 e. The molecule has 24 heavy (non-hydrogen) atoms. The Kier molecular flexibility index (Phi) is 5.22. The minimum absolute atomic E-state index is 0.162. The van der Waals surface area contributed by atoms with Gasteiger partial charge in [-0.25, -0.2) is 9.37 Å². The number of amides is 1. The van der Waals surface area contributed by atoms with Gasteiger partial charge in [0.15, 0.2) is 0 Å². The molecule has 7 heteroatoms. The van der Waals surface area contributed by atoms with Crippen molar-refractivity contribution in [3.05, 3.63) is 53.9 Å². The van der Waals surface area contributed by atoms with Crippen LogP contribution in [0, 0.1) is 5.82 Å². The summed E-state index contributed by atoms with van der Waals surface area (Å²) in [4.78, 5) is 19.0. The molecule has 1 aromatic heterocycles. The number of imidazole rings is 1. The largest absolute Gasteiger partial charge is 0.379 e. The molecule has 1 saturated heterocycles. The van der Waals surface area contributed by atoms with Crippen LogP contribution < -0.4 is 5.32 Å². The van der Waals surface area contributed by atoms with Gasteiger partial charge < -0.3 is 14.6 Å². The van der Waals surface area contributed by atoms with E-state index in [2.05, 4.69) is 10.3 Å². The lowest BCUT2D eigenvalue weighted by Crippen LogP contribution is -2.45. The molecule has 2 heterocycles. The second-order valence-corrected chi connectivity index (χ2v) is 5.78. The summed E-state index contributed by atoms with van der Waals surface area (Å²) < 4.78 is 20.8. The number of aromatic nitrogens is 2. The average Bonchev–Trinajstić information content (AvgIpc) is 2.99. The quantitative estimate of drug-likeness (QED) is 0.895. The summed E-state index contributed by atoms with van der Waals surface area (Å²) in [5, 5.41) is 2.91. The molecular weight excluding hydrogens is 311 g/mol.